The van der Waals surface area contributed by atoms with Gasteiger partial charge in [-0.25, -0.2) is 4.99 Å². The van der Waals surface area contributed by atoms with Crippen LogP contribution in [-0.2, 0) is 5.11 Å². The molecule has 0 fully saturated rings. The van der Waals surface area contributed by atoms with Gasteiger partial charge in [0.2, 0.25) is 5.90 Å². The molecule has 0 aliphatic heterocycles. The fourth-order valence-electron chi connectivity index (χ4n) is 0.995. The van der Waals surface area contributed by atoms with Crippen LogP contribution in [0, 0.1) is 0 Å². The number of nitrogens with zero attached hydrogens (tertiary/aromatic N) is 1. The molecule has 0 aliphatic carbocycles. The van der Waals surface area contributed by atoms with Crippen LogP contribution in [0.1, 0.15) is 46.5 Å². The minimum atomic E-state index is -0.227. The first kappa shape index (κ1) is 12.2. The van der Waals surface area contributed by atoms with Crippen LogP contribution in [0.3, 0.4) is 0 Å². The Morgan fingerprint density at radius 1 is 1.38 bits per heavy atom. The molecule has 0 rings (SSSR count). The number of unbranched alkanes of at least 4 members (excludes halogenated alkanes) is 2. The highest BCUT2D eigenvalue weighted by Gasteiger charge is 2.09. The van der Waals surface area contributed by atoms with E-state index in [2.05, 4.69) is 11.6 Å². The van der Waals surface area contributed by atoms with Gasteiger partial charge < -0.3 is 0 Å². The van der Waals surface area contributed by atoms with E-state index < -0.39 is 0 Å². The summed E-state index contributed by atoms with van der Waals surface area (Å²) in [5, 5.41) is 11.2. The Labute approximate surface area is 81.4 Å². The third-order valence-corrected chi connectivity index (χ3v) is 1.51. The van der Waals surface area contributed by atoms with Gasteiger partial charge >= 0.3 is 0 Å². The third kappa shape index (κ3) is 9.12. The van der Waals surface area contributed by atoms with E-state index in [1.807, 2.05) is 26.8 Å². The van der Waals surface area contributed by atoms with Crippen molar-refractivity contribution in [2.24, 2.45) is 4.99 Å². The minimum Gasteiger partial charge on any atom is -0.273 e. The fourth-order valence-corrected chi connectivity index (χ4v) is 0.995. The molecule has 0 amide bonds. The summed E-state index contributed by atoms with van der Waals surface area (Å²) in [5.41, 5.74) is -0.227. The highest BCUT2D eigenvalue weighted by molar-refractivity contribution is 5.73. The molecule has 0 unspecified atom stereocenters. The molecule has 2 nitrogen and oxygen atoms in total. The molecule has 0 aromatic rings. The summed E-state index contributed by atoms with van der Waals surface area (Å²) < 4.78 is 0. The van der Waals surface area contributed by atoms with Crippen LogP contribution >= 0.6 is 0 Å². The van der Waals surface area contributed by atoms with Gasteiger partial charge in [0.15, 0.2) is 0 Å². The molecule has 75 valence electrons. The molecule has 0 bridgehead atoms. The van der Waals surface area contributed by atoms with E-state index in [1.54, 1.807) is 0 Å². The second-order valence-corrected chi connectivity index (χ2v) is 4.21. The maximum Gasteiger partial charge on any atom is 0.241 e. The van der Waals surface area contributed by atoms with Crippen molar-refractivity contribution in [1.82, 2.24) is 0 Å². The van der Waals surface area contributed by atoms with Crippen molar-refractivity contribution < 1.29 is 5.11 Å². The number of aliphatic imine (C=N–C) groups is 1. The lowest BCUT2D eigenvalue weighted by Gasteiger charge is -2.11. The molecule has 0 atom stereocenters. The zero-order chi connectivity index (χ0) is 10.3. The van der Waals surface area contributed by atoms with Gasteiger partial charge in [-0.15, -0.1) is 6.58 Å². The summed E-state index contributed by atoms with van der Waals surface area (Å²) in [6.45, 7) is 9.45. The van der Waals surface area contributed by atoms with Crippen molar-refractivity contribution >= 4 is 5.90 Å². The van der Waals surface area contributed by atoms with Gasteiger partial charge in [-0.05, 0) is 40.0 Å². The van der Waals surface area contributed by atoms with Crippen LogP contribution in [0.4, 0.5) is 0 Å². The number of allylic oxidation sites excluding steroid dienone is 1. The van der Waals surface area contributed by atoms with Gasteiger partial charge in [0.1, 0.15) is 0 Å². The van der Waals surface area contributed by atoms with Crippen LogP contribution in [0.5, 0.6) is 0 Å². The van der Waals surface area contributed by atoms with Crippen molar-refractivity contribution in [1.29, 1.82) is 0 Å². The van der Waals surface area contributed by atoms with E-state index in [0.717, 1.165) is 19.3 Å². The molecule has 0 spiro atoms. The predicted molar refractivity (Wildman–Crippen MR) is 56.5 cm³/mol. The second kappa shape index (κ2) is 5.79. The minimum absolute atomic E-state index is 0.0246. The molecule has 13 heavy (non-hydrogen) atoms. The fraction of sp³-hybridized carbons (Fsp3) is 0.727. The molecule has 0 N–H and O–H groups in total. The van der Waals surface area contributed by atoms with E-state index in [0.29, 0.717) is 6.42 Å². The van der Waals surface area contributed by atoms with Crippen molar-refractivity contribution in [3.63, 3.8) is 0 Å². The topological polar surface area (TPSA) is 32.3 Å². The van der Waals surface area contributed by atoms with E-state index in [-0.39, 0.29) is 11.4 Å². The van der Waals surface area contributed by atoms with E-state index >= 15 is 0 Å². The monoisotopic (exact) mass is 182 g/mol. The van der Waals surface area contributed by atoms with Gasteiger partial charge in [-0.2, -0.15) is 0 Å². The number of rotatable bonds is 5. The molecular formula is C11H20NO. The zero-order valence-corrected chi connectivity index (χ0v) is 8.97. The molecule has 0 aromatic carbocycles. The summed E-state index contributed by atoms with van der Waals surface area (Å²) >= 11 is 0. The Balaban J connectivity index is 3.67. The van der Waals surface area contributed by atoms with E-state index in [1.165, 1.54) is 0 Å². The Morgan fingerprint density at radius 2 is 2.00 bits per heavy atom. The standard InChI is InChI=1S/C11H20NO/c1-5-6-7-8-9-10(13)12-11(2,3)4/h5H,1,6-9H2,2-4H3. The maximum absolute atomic E-state index is 11.2. The highest BCUT2D eigenvalue weighted by Crippen LogP contribution is 2.09. The molecule has 0 aromatic heterocycles. The second-order valence-electron chi connectivity index (χ2n) is 4.21. The Kier molecular flexibility index (Phi) is 5.44. The van der Waals surface area contributed by atoms with Crippen LogP contribution in [0.25, 0.3) is 0 Å². The third-order valence-electron chi connectivity index (χ3n) is 1.51. The van der Waals surface area contributed by atoms with Crippen molar-refractivity contribution in [2.75, 3.05) is 0 Å². The smallest absolute Gasteiger partial charge is 0.241 e. The SMILES string of the molecule is C=CCCCCC([O])=NC(C)(C)C. The molecule has 2 heteroatoms. The molecule has 0 aliphatic rings. The zero-order valence-electron chi connectivity index (χ0n) is 8.97. The van der Waals surface area contributed by atoms with Gasteiger partial charge in [0.25, 0.3) is 0 Å². The largest absolute Gasteiger partial charge is 0.273 e. The first-order valence-corrected chi connectivity index (χ1v) is 4.82. The van der Waals surface area contributed by atoms with E-state index in [4.69, 9.17) is 0 Å². The quantitative estimate of drug-likeness (QED) is 0.270. The summed E-state index contributed by atoms with van der Waals surface area (Å²) in [5.74, 6) is 0.0246. The van der Waals surface area contributed by atoms with Crippen LogP contribution in [0.15, 0.2) is 17.6 Å². The van der Waals surface area contributed by atoms with Crippen molar-refractivity contribution in [2.45, 2.75) is 52.0 Å². The lowest BCUT2D eigenvalue weighted by atomic mass is 10.1. The molecule has 0 saturated heterocycles. The van der Waals surface area contributed by atoms with Crippen LogP contribution in [-0.4, -0.2) is 11.4 Å². The lowest BCUT2D eigenvalue weighted by molar-refractivity contribution is 0.392. The van der Waals surface area contributed by atoms with Crippen LogP contribution in [0.2, 0.25) is 0 Å². The van der Waals surface area contributed by atoms with Gasteiger partial charge in [-0.3, -0.25) is 5.11 Å². The first-order chi connectivity index (χ1) is 5.95. The Hall–Kier alpha value is -0.790. The summed E-state index contributed by atoms with van der Waals surface area (Å²) in [6.07, 6.45) is 5.40. The van der Waals surface area contributed by atoms with Gasteiger partial charge in [0, 0.05) is 6.42 Å². The highest BCUT2D eigenvalue weighted by atomic mass is 16.3. The molecule has 1 radical (unpaired) electrons. The predicted octanol–water partition coefficient (Wildman–Crippen LogP) is 3.36. The molecular weight excluding hydrogens is 162 g/mol. The summed E-state index contributed by atoms with van der Waals surface area (Å²) in [4.78, 5) is 4.04. The first-order valence-electron chi connectivity index (χ1n) is 4.82. The average molecular weight is 182 g/mol. The summed E-state index contributed by atoms with van der Waals surface area (Å²) in [7, 11) is 0. The molecule has 0 saturated carbocycles. The Morgan fingerprint density at radius 3 is 2.46 bits per heavy atom. The van der Waals surface area contributed by atoms with Crippen LogP contribution < -0.4 is 0 Å². The molecule has 0 heterocycles. The number of hydrogen-bond donors (Lipinski definition) is 0. The lowest BCUT2D eigenvalue weighted by Crippen LogP contribution is -2.13. The van der Waals surface area contributed by atoms with Crippen molar-refractivity contribution in [3.05, 3.63) is 12.7 Å². The van der Waals surface area contributed by atoms with Gasteiger partial charge in [0.05, 0.1) is 5.54 Å². The Bertz CT molecular complexity index is 177. The average Bonchev–Trinajstić information content (AvgIpc) is 1.94. The van der Waals surface area contributed by atoms with E-state index in [9.17, 15) is 5.11 Å². The normalized spacial score (nSPS) is 13.0. The summed E-state index contributed by atoms with van der Waals surface area (Å²) in [6, 6.07) is 0. The number of hydrogen-bond acceptors (Lipinski definition) is 1. The van der Waals surface area contributed by atoms with Crippen molar-refractivity contribution in [3.8, 4) is 0 Å². The van der Waals surface area contributed by atoms with Gasteiger partial charge in [-0.1, -0.05) is 6.08 Å². The maximum atomic E-state index is 11.2.